The number of amides is 1. The number of nitro groups is 1. The molecule has 0 spiro atoms. The molecule has 7 heteroatoms. The maximum absolute atomic E-state index is 12.0. The number of rotatable bonds is 7. The van der Waals surface area contributed by atoms with Crippen LogP contribution in [0.25, 0.3) is 0 Å². The minimum Gasteiger partial charge on any atom is -0.461 e. The molecular formula is C19H20N2O5. The molecule has 0 saturated heterocycles. The lowest BCUT2D eigenvalue weighted by molar-refractivity contribution is -0.384. The summed E-state index contributed by atoms with van der Waals surface area (Å²) in [5, 5.41) is 13.5. The number of nitro benzene ring substituents is 1. The van der Waals surface area contributed by atoms with Crippen LogP contribution in [-0.4, -0.2) is 16.8 Å². The van der Waals surface area contributed by atoms with Crippen LogP contribution in [0.1, 0.15) is 29.5 Å². The zero-order chi connectivity index (χ0) is 19.1. The highest BCUT2D eigenvalue weighted by atomic mass is 16.6. The Morgan fingerprint density at radius 3 is 2.58 bits per heavy atom. The van der Waals surface area contributed by atoms with Gasteiger partial charge in [0, 0.05) is 24.2 Å². The molecule has 2 aromatic carbocycles. The van der Waals surface area contributed by atoms with Gasteiger partial charge >= 0.3 is 5.97 Å². The third-order valence-corrected chi connectivity index (χ3v) is 3.73. The summed E-state index contributed by atoms with van der Waals surface area (Å²) in [5.74, 6) is -0.809. The van der Waals surface area contributed by atoms with Crippen molar-refractivity contribution in [1.82, 2.24) is 0 Å². The van der Waals surface area contributed by atoms with Crippen LogP contribution in [0, 0.1) is 24.0 Å². The lowest BCUT2D eigenvalue weighted by atomic mass is 10.1. The van der Waals surface area contributed by atoms with E-state index in [1.165, 1.54) is 18.2 Å². The predicted molar refractivity (Wildman–Crippen MR) is 96.7 cm³/mol. The number of ether oxygens (including phenoxy) is 1. The number of anilines is 1. The molecular weight excluding hydrogens is 336 g/mol. The van der Waals surface area contributed by atoms with Crippen molar-refractivity contribution in [3.05, 3.63) is 69.3 Å². The van der Waals surface area contributed by atoms with E-state index in [9.17, 15) is 19.7 Å². The largest absolute Gasteiger partial charge is 0.461 e. The van der Waals surface area contributed by atoms with Crippen molar-refractivity contribution < 1.29 is 19.2 Å². The lowest BCUT2D eigenvalue weighted by Gasteiger charge is -2.09. The molecule has 2 rings (SSSR count). The van der Waals surface area contributed by atoms with Gasteiger partial charge in [0.25, 0.3) is 5.69 Å². The van der Waals surface area contributed by atoms with Crippen molar-refractivity contribution in [1.29, 1.82) is 0 Å². The molecule has 2 aromatic rings. The van der Waals surface area contributed by atoms with Crippen molar-refractivity contribution in [3.8, 4) is 0 Å². The highest BCUT2D eigenvalue weighted by Gasteiger charge is 2.11. The van der Waals surface area contributed by atoms with Crippen molar-refractivity contribution in [2.24, 2.45) is 0 Å². The van der Waals surface area contributed by atoms with Crippen LogP contribution < -0.4 is 5.32 Å². The molecule has 0 fully saturated rings. The van der Waals surface area contributed by atoms with E-state index in [0.29, 0.717) is 11.3 Å². The maximum atomic E-state index is 12.0. The van der Waals surface area contributed by atoms with Crippen LogP contribution in [0.5, 0.6) is 0 Å². The first kappa shape index (κ1) is 19.1. The van der Waals surface area contributed by atoms with Crippen molar-refractivity contribution >= 4 is 23.3 Å². The maximum Gasteiger partial charge on any atom is 0.306 e. The van der Waals surface area contributed by atoms with Gasteiger partial charge in [-0.15, -0.1) is 0 Å². The molecule has 0 aliphatic rings. The average Bonchev–Trinajstić information content (AvgIpc) is 2.61. The number of hydrogen-bond donors (Lipinski definition) is 1. The number of nitrogens with zero attached hydrogens (tertiary/aromatic N) is 1. The summed E-state index contributed by atoms with van der Waals surface area (Å²) in [4.78, 5) is 33.9. The van der Waals surface area contributed by atoms with E-state index < -0.39 is 10.9 Å². The molecule has 0 aliphatic carbocycles. The normalized spacial score (nSPS) is 10.2. The number of esters is 1. The Balaban J connectivity index is 1.78. The lowest BCUT2D eigenvalue weighted by Crippen LogP contribution is -2.15. The van der Waals surface area contributed by atoms with Crippen molar-refractivity contribution in [3.63, 3.8) is 0 Å². The second-order valence-electron chi connectivity index (χ2n) is 5.95. The highest BCUT2D eigenvalue weighted by molar-refractivity contribution is 5.93. The number of aryl methyl sites for hydroxylation is 2. The van der Waals surface area contributed by atoms with Gasteiger partial charge in [-0.05, 0) is 31.0 Å². The number of carbonyl (C=O) groups excluding carboxylic acids is 2. The molecule has 0 saturated carbocycles. The molecule has 0 heterocycles. The second-order valence-corrected chi connectivity index (χ2v) is 5.95. The molecule has 1 amide bonds. The Labute approximate surface area is 151 Å². The van der Waals surface area contributed by atoms with Gasteiger partial charge in [0.2, 0.25) is 5.91 Å². The fourth-order valence-corrected chi connectivity index (χ4v) is 2.38. The van der Waals surface area contributed by atoms with Crippen LogP contribution >= 0.6 is 0 Å². The number of hydrogen-bond acceptors (Lipinski definition) is 5. The first-order valence-corrected chi connectivity index (χ1v) is 8.11. The number of non-ortho nitro benzene ring substituents is 1. The van der Waals surface area contributed by atoms with Crippen molar-refractivity contribution in [2.45, 2.75) is 33.3 Å². The molecule has 1 N–H and O–H groups in total. The number of nitrogens with one attached hydrogen (secondary N) is 1. The first-order valence-electron chi connectivity index (χ1n) is 8.11. The predicted octanol–water partition coefficient (Wildman–Crippen LogP) is 3.67. The summed E-state index contributed by atoms with van der Waals surface area (Å²) in [6, 6.07) is 11.6. The fourth-order valence-electron chi connectivity index (χ4n) is 2.38. The molecule has 0 atom stereocenters. The van der Waals surface area contributed by atoms with Gasteiger partial charge in [-0.3, -0.25) is 19.7 Å². The van der Waals surface area contributed by atoms with Crippen LogP contribution in [0.4, 0.5) is 11.4 Å². The Bertz CT molecular complexity index is 832. The third-order valence-electron chi connectivity index (χ3n) is 3.73. The summed E-state index contributed by atoms with van der Waals surface area (Å²) in [6.45, 7) is 3.80. The number of carbonyl (C=O) groups is 2. The topological polar surface area (TPSA) is 98.5 Å². The smallest absolute Gasteiger partial charge is 0.306 e. The van der Waals surface area contributed by atoms with Crippen LogP contribution in [0.2, 0.25) is 0 Å². The van der Waals surface area contributed by atoms with Gasteiger partial charge in [-0.2, -0.15) is 0 Å². The molecule has 0 aromatic heterocycles. The van der Waals surface area contributed by atoms with Crippen LogP contribution in [0.3, 0.4) is 0 Å². The van der Waals surface area contributed by atoms with Gasteiger partial charge in [-0.1, -0.05) is 29.8 Å². The zero-order valence-corrected chi connectivity index (χ0v) is 14.7. The zero-order valence-electron chi connectivity index (χ0n) is 14.7. The molecule has 0 radical (unpaired) electrons. The molecule has 7 nitrogen and oxygen atoms in total. The standard InChI is InChI=1S/C19H20N2O5/c1-13-6-7-17(14(2)10-13)20-18(22)8-9-19(23)26-12-15-4-3-5-16(11-15)21(24)25/h3-7,10-11H,8-9,12H2,1-2H3,(H,20,22). The van der Waals surface area contributed by atoms with E-state index in [-0.39, 0.29) is 31.0 Å². The summed E-state index contributed by atoms with van der Waals surface area (Å²) >= 11 is 0. The van der Waals surface area contributed by atoms with Crippen LogP contribution in [-0.2, 0) is 20.9 Å². The molecule has 26 heavy (non-hydrogen) atoms. The quantitative estimate of drug-likeness (QED) is 0.463. The summed E-state index contributed by atoms with van der Waals surface area (Å²) in [6.07, 6.45) is -0.0627. The first-order chi connectivity index (χ1) is 12.3. The van der Waals surface area contributed by atoms with E-state index in [0.717, 1.165) is 11.1 Å². The molecule has 0 unspecified atom stereocenters. The average molecular weight is 356 g/mol. The van der Waals surface area contributed by atoms with Gasteiger partial charge in [0.05, 0.1) is 11.3 Å². The molecule has 136 valence electrons. The van der Waals surface area contributed by atoms with E-state index in [4.69, 9.17) is 4.74 Å². The van der Waals surface area contributed by atoms with Crippen LogP contribution in [0.15, 0.2) is 42.5 Å². The Morgan fingerprint density at radius 1 is 1.12 bits per heavy atom. The summed E-state index contributed by atoms with van der Waals surface area (Å²) < 4.78 is 5.06. The summed E-state index contributed by atoms with van der Waals surface area (Å²) in [7, 11) is 0. The minimum atomic E-state index is -0.535. The van der Waals surface area contributed by atoms with E-state index >= 15 is 0 Å². The SMILES string of the molecule is Cc1ccc(NC(=O)CCC(=O)OCc2cccc([N+](=O)[O-])c2)c(C)c1. The van der Waals surface area contributed by atoms with E-state index in [1.807, 2.05) is 32.0 Å². The monoisotopic (exact) mass is 356 g/mol. The van der Waals surface area contributed by atoms with E-state index in [1.54, 1.807) is 6.07 Å². The van der Waals surface area contributed by atoms with Gasteiger partial charge in [0.15, 0.2) is 0 Å². The highest BCUT2D eigenvalue weighted by Crippen LogP contribution is 2.17. The number of benzene rings is 2. The summed E-state index contributed by atoms with van der Waals surface area (Å²) in [5.41, 5.74) is 3.22. The van der Waals surface area contributed by atoms with Gasteiger partial charge in [-0.25, -0.2) is 0 Å². The fraction of sp³-hybridized carbons (Fsp3) is 0.263. The Kier molecular flexibility index (Phi) is 6.43. The van der Waals surface area contributed by atoms with Crippen molar-refractivity contribution in [2.75, 3.05) is 5.32 Å². The Morgan fingerprint density at radius 2 is 1.88 bits per heavy atom. The molecule has 0 aliphatic heterocycles. The van der Waals surface area contributed by atoms with E-state index in [2.05, 4.69) is 5.32 Å². The third kappa shape index (κ3) is 5.70. The Hall–Kier alpha value is -3.22. The van der Waals surface area contributed by atoms with Gasteiger partial charge in [0.1, 0.15) is 6.61 Å². The van der Waals surface area contributed by atoms with Gasteiger partial charge < -0.3 is 10.1 Å². The minimum absolute atomic E-state index is 0.00108. The molecule has 0 bridgehead atoms. The second kappa shape index (κ2) is 8.75.